The third-order valence-corrected chi connectivity index (χ3v) is 4.54. The third-order valence-electron chi connectivity index (χ3n) is 4.54. The first-order valence-corrected chi connectivity index (χ1v) is 8.89. The van der Waals surface area contributed by atoms with Crippen molar-refractivity contribution in [1.29, 1.82) is 0 Å². The smallest absolute Gasteiger partial charge is 0.349 e. The van der Waals surface area contributed by atoms with Crippen molar-refractivity contribution in [1.82, 2.24) is 9.55 Å². The molecular weight excluding hydrogens is 274 g/mol. The monoisotopic (exact) mass is 307 g/mol. The molecule has 0 bridgehead atoms. The summed E-state index contributed by atoms with van der Waals surface area (Å²) in [5.41, 5.74) is 5.27. The van der Waals surface area contributed by atoms with E-state index in [2.05, 4.69) is 25.8 Å². The number of nitrogens with two attached hydrogens (primary N) is 1. The van der Waals surface area contributed by atoms with Crippen molar-refractivity contribution in [3.05, 3.63) is 22.7 Å². The van der Waals surface area contributed by atoms with Crippen LogP contribution in [0.1, 0.15) is 85.0 Å². The Balaban J connectivity index is 2.78. The first-order chi connectivity index (χ1) is 10.5. The Bertz CT molecular complexity index is 483. The maximum Gasteiger partial charge on any atom is 0.349 e. The van der Waals surface area contributed by atoms with Crippen LogP contribution in [0.15, 0.2) is 17.1 Å². The van der Waals surface area contributed by atoms with E-state index in [1.165, 1.54) is 44.9 Å². The molecule has 1 unspecified atom stereocenters. The molecule has 1 rings (SSSR count). The highest BCUT2D eigenvalue weighted by atomic mass is 16.1. The van der Waals surface area contributed by atoms with Gasteiger partial charge in [0.1, 0.15) is 5.82 Å². The van der Waals surface area contributed by atoms with Crippen LogP contribution in [0.4, 0.5) is 5.82 Å². The van der Waals surface area contributed by atoms with Gasteiger partial charge in [0.25, 0.3) is 0 Å². The van der Waals surface area contributed by atoms with Crippen LogP contribution in [0, 0.1) is 0 Å². The lowest BCUT2D eigenvalue weighted by Gasteiger charge is -2.32. The Morgan fingerprint density at radius 3 is 2.18 bits per heavy atom. The van der Waals surface area contributed by atoms with Gasteiger partial charge >= 0.3 is 5.69 Å². The lowest BCUT2D eigenvalue weighted by Crippen LogP contribution is -2.39. The average Bonchev–Trinajstić information content (AvgIpc) is 2.47. The van der Waals surface area contributed by atoms with Crippen LogP contribution in [0.2, 0.25) is 0 Å². The minimum Gasteiger partial charge on any atom is -0.383 e. The normalized spacial score (nSPS) is 14.0. The number of nitrogens with zero attached hydrogens (tertiary/aromatic N) is 2. The molecule has 0 spiro atoms. The second-order valence-corrected chi connectivity index (χ2v) is 6.62. The molecule has 0 aliphatic heterocycles. The van der Waals surface area contributed by atoms with Gasteiger partial charge in [0.05, 0.1) is 0 Å². The van der Waals surface area contributed by atoms with E-state index < -0.39 is 0 Å². The summed E-state index contributed by atoms with van der Waals surface area (Å²) in [7, 11) is 0. The summed E-state index contributed by atoms with van der Waals surface area (Å²) in [6.07, 6.45) is 13.7. The molecular formula is C18H33N3O. The van der Waals surface area contributed by atoms with Gasteiger partial charge in [-0.2, -0.15) is 4.98 Å². The fraction of sp³-hybridized carbons (Fsp3) is 0.778. The Morgan fingerprint density at radius 2 is 1.59 bits per heavy atom. The molecule has 1 heterocycles. The standard InChI is InChI=1S/C18H33N3O/c1-4-6-8-9-11-14-18(3,13-10-7-5-2)21-15-12-16(19)20-17(21)22/h12,15H,4-11,13-14H2,1-3H3,(H2,19,20,22). The van der Waals surface area contributed by atoms with Crippen molar-refractivity contribution in [3.8, 4) is 0 Å². The van der Waals surface area contributed by atoms with Gasteiger partial charge in [-0.25, -0.2) is 4.79 Å². The molecule has 0 amide bonds. The quantitative estimate of drug-likeness (QED) is 0.613. The van der Waals surface area contributed by atoms with E-state index >= 15 is 0 Å². The van der Waals surface area contributed by atoms with Crippen LogP contribution in [-0.4, -0.2) is 9.55 Å². The molecule has 1 atom stereocenters. The largest absolute Gasteiger partial charge is 0.383 e. The zero-order valence-electron chi connectivity index (χ0n) is 14.6. The van der Waals surface area contributed by atoms with E-state index in [1.54, 1.807) is 10.6 Å². The molecule has 0 fully saturated rings. The van der Waals surface area contributed by atoms with Crippen molar-refractivity contribution >= 4 is 5.82 Å². The van der Waals surface area contributed by atoms with Crippen LogP contribution >= 0.6 is 0 Å². The number of unbranched alkanes of at least 4 members (excludes halogenated alkanes) is 6. The van der Waals surface area contributed by atoms with Gasteiger partial charge in [-0.1, -0.05) is 65.2 Å². The number of rotatable bonds is 11. The number of aromatic nitrogens is 2. The molecule has 0 saturated heterocycles. The lowest BCUT2D eigenvalue weighted by atomic mass is 9.88. The average molecular weight is 307 g/mol. The highest BCUT2D eigenvalue weighted by molar-refractivity contribution is 5.23. The van der Waals surface area contributed by atoms with Crippen molar-refractivity contribution in [3.63, 3.8) is 0 Å². The Kier molecular flexibility index (Phi) is 8.21. The molecule has 0 radical (unpaired) electrons. The number of hydrogen-bond donors (Lipinski definition) is 1. The highest BCUT2D eigenvalue weighted by Crippen LogP contribution is 2.29. The summed E-state index contributed by atoms with van der Waals surface area (Å²) < 4.78 is 1.80. The van der Waals surface area contributed by atoms with Gasteiger partial charge in [0.15, 0.2) is 0 Å². The van der Waals surface area contributed by atoms with Gasteiger partial charge in [0.2, 0.25) is 0 Å². The molecule has 22 heavy (non-hydrogen) atoms. The van der Waals surface area contributed by atoms with Crippen LogP contribution in [0.25, 0.3) is 0 Å². The van der Waals surface area contributed by atoms with Gasteiger partial charge in [-0.05, 0) is 25.8 Å². The summed E-state index contributed by atoms with van der Waals surface area (Å²) in [5.74, 6) is 0.306. The maximum absolute atomic E-state index is 12.2. The number of anilines is 1. The molecule has 0 saturated carbocycles. The Morgan fingerprint density at radius 1 is 1.05 bits per heavy atom. The minimum absolute atomic E-state index is 0.140. The van der Waals surface area contributed by atoms with Gasteiger partial charge in [-0.15, -0.1) is 0 Å². The van der Waals surface area contributed by atoms with Crippen molar-refractivity contribution in [2.75, 3.05) is 5.73 Å². The summed E-state index contributed by atoms with van der Waals surface area (Å²) in [6, 6.07) is 1.73. The van der Waals surface area contributed by atoms with Crippen molar-refractivity contribution < 1.29 is 0 Å². The molecule has 0 aliphatic rings. The fourth-order valence-electron chi connectivity index (χ4n) is 3.06. The van der Waals surface area contributed by atoms with Gasteiger partial charge in [0, 0.05) is 11.7 Å². The zero-order chi connectivity index (χ0) is 16.4. The SMILES string of the molecule is CCCCCCCC(C)(CCCCC)n1ccc(N)nc1=O. The summed E-state index contributed by atoms with van der Waals surface area (Å²) >= 11 is 0. The van der Waals surface area contributed by atoms with E-state index in [0.717, 1.165) is 19.3 Å². The van der Waals surface area contributed by atoms with Gasteiger partial charge in [-0.3, -0.25) is 4.57 Å². The summed E-state index contributed by atoms with van der Waals surface area (Å²) in [4.78, 5) is 16.1. The van der Waals surface area contributed by atoms with E-state index in [-0.39, 0.29) is 11.2 Å². The molecule has 126 valence electrons. The third kappa shape index (κ3) is 5.82. The van der Waals surface area contributed by atoms with Crippen LogP contribution in [0.5, 0.6) is 0 Å². The van der Waals surface area contributed by atoms with Crippen molar-refractivity contribution in [2.45, 2.75) is 90.5 Å². The minimum atomic E-state index is -0.215. The molecule has 4 heteroatoms. The van der Waals surface area contributed by atoms with E-state index in [0.29, 0.717) is 5.82 Å². The van der Waals surface area contributed by atoms with E-state index in [1.807, 2.05) is 6.20 Å². The molecule has 1 aromatic rings. The number of hydrogen-bond acceptors (Lipinski definition) is 3. The van der Waals surface area contributed by atoms with Crippen molar-refractivity contribution in [2.24, 2.45) is 0 Å². The predicted molar refractivity (Wildman–Crippen MR) is 94.1 cm³/mol. The van der Waals surface area contributed by atoms with E-state index in [9.17, 15) is 4.79 Å². The second-order valence-electron chi connectivity index (χ2n) is 6.62. The first-order valence-electron chi connectivity index (χ1n) is 8.89. The fourth-order valence-corrected chi connectivity index (χ4v) is 3.06. The second kappa shape index (κ2) is 9.65. The first kappa shape index (κ1) is 18.7. The Labute approximate surface area is 135 Å². The summed E-state index contributed by atoms with van der Waals surface area (Å²) in [6.45, 7) is 6.63. The predicted octanol–water partition coefficient (Wildman–Crippen LogP) is 4.48. The van der Waals surface area contributed by atoms with E-state index in [4.69, 9.17) is 5.73 Å². The number of nitrogen functional groups attached to an aromatic ring is 1. The van der Waals surface area contributed by atoms with Crippen LogP contribution < -0.4 is 11.4 Å². The Hall–Kier alpha value is -1.32. The molecule has 1 aromatic heterocycles. The van der Waals surface area contributed by atoms with Gasteiger partial charge < -0.3 is 5.73 Å². The topological polar surface area (TPSA) is 60.9 Å². The van der Waals surface area contributed by atoms with Crippen LogP contribution in [-0.2, 0) is 5.54 Å². The maximum atomic E-state index is 12.2. The molecule has 4 nitrogen and oxygen atoms in total. The molecule has 0 aromatic carbocycles. The molecule has 0 aliphatic carbocycles. The lowest BCUT2D eigenvalue weighted by molar-refractivity contribution is 0.241. The zero-order valence-corrected chi connectivity index (χ0v) is 14.6. The summed E-state index contributed by atoms with van der Waals surface area (Å²) in [5, 5.41) is 0. The van der Waals surface area contributed by atoms with Crippen LogP contribution in [0.3, 0.4) is 0 Å². The molecule has 2 N–H and O–H groups in total. The highest BCUT2D eigenvalue weighted by Gasteiger charge is 2.26.